The Hall–Kier alpha value is -2.05. The zero-order chi connectivity index (χ0) is 20.4. The van der Waals surface area contributed by atoms with E-state index < -0.39 is 0 Å². The van der Waals surface area contributed by atoms with Crippen LogP contribution in [0.4, 0.5) is 0 Å². The van der Waals surface area contributed by atoms with Crippen LogP contribution in [0.25, 0.3) is 0 Å². The average molecular weight is 429 g/mol. The summed E-state index contributed by atoms with van der Waals surface area (Å²) in [6.07, 6.45) is 4.52. The molecule has 0 unspecified atom stereocenters. The molecule has 1 aliphatic heterocycles. The molecule has 3 heterocycles. The second-order valence-electron chi connectivity index (χ2n) is 7.54. The molecule has 152 valence electrons. The highest BCUT2D eigenvalue weighted by molar-refractivity contribution is 7.99. The number of carbonyl (C=O) groups excluding carboxylic acids is 1. The molecule has 0 saturated carbocycles. The zero-order valence-corrected chi connectivity index (χ0v) is 18.4. The Morgan fingerprint density at radius 3 is 2.83 bits per heavy atom. The molecule has 0 atom stereocenters. The summed E-state index contributed by atoms with van der Waals surface area (Å²) in [5, 5.41) is 10.2. The number of thioether (sulfide) groups is 1. The van der Waals surface area contributed by atoms with Gasteiger partial charge in [-0.05, 0) is 44.4 Å². The summed E-state index contributed by atoms with van der Waals surface area (Å²) in [5.41, 5.74) is 3.87. The Kier molecular flexibility index (Phi) is 6.11. The Bertz CT molecular complexity index is 1040. The van der Waals surface area contributed by atoms with Gasteiger partial charge in [0, 0.05) is 41.5 Å². The molecule has 0 radical (unpaired) electrons. The fourth-order valence-corrected chi connectivity index (χ4v) is 4.96. The normalized spacial score (nSPS) is 13.9. The Labute approximate surface area is 180 Å². The van der Waals surface area contributed by atoms with Crippen molar-refractivity contribution in [3.8, 4) is 0 Å². The number of aromatic nitrogens is 4. The van der Waals surface area contributed by atoms with Gasteiger partial charge < -0.3 is 9.13 Å². The molecule has 4 rings (SSSR count). The van der Waals surface area contributed by atoms with Crippen LogP contribution in [-0.4, -0.2) is 30.9 Å². The van der Waals surface area contributed by atoms with Crippen LogP contribution in [-0.2, 0) is 19.5 Å². The molecule has 0 aliphatic carbocycles. The van der Waals surface area contributed by atoms with Gasteiger partial charge in [0.15, 0.2) is 10.9 Å². The second kappa shape index (κ2) is 8.76. The van der Waals surface area contributed by atoms with Crippen LogP contribution in [0, 0.1) is 13.8 Å². The minimum atomic E-state index is 0.125. The van der Waals surface area contributed by atoms with E-state index in [9.17, 15) is 4.79 Å². The molecular weight excluding hydrogens is 404 g/mol. The molecule has 5 nitrogen and oxygen atoms in total. The van der Waals surface area contributed by atoms with Crippen molar-refractivity contribution in [3.63, 3.8) is 0 Å². The highest BCUT2D eigenvalue weighted by Gasteiger charge is 2.19. The predicted octanol–water partition coefficient (Wildman–Crippen LogP) is 5.10. The number of Topliss-reactive ketones (excluding diaryl/α,β-unsaturated/α-hetero) is 1. The summed E-state index contributed by atoms with van der Waals surface area (Å²) in [6.45, 7) is 5.65. The van der Waals surface area contributed by atoms with Crippen molar-refractivity contribution in [3.05, 3.63) is 63.7 Å². The molecule has 0 bridgehead atoms. The highest BCUT2D eigenvalue weighted by Crippen LogP contribution is 2.25. The van der Waals surface area contributed by atoms with Gasteiger partial charge in [-0.15, -0.1) is 10.2 Å². The molecule has 2 aromatic heterocycles. The molecule has 0 saturated heterocycles. The first-order chi connectivity index (χ1) is 14.0. The maximum atomic E-state index is 13.0. The van der Waals surface area contributed by atoms with E-state index in [4.69, 9.17) is 11.6 Å². The van der Waals surface area contributed by atoms with Gasteiger partial charge in [-0.2, -0.15) is 0 Å². The molecule has 0 N–H and O–H groups in total. The fraction of sp³-hybridized carbons (Fsp3) is 0.409. The Morgan fingerprint density at radius 1 is 1.17 bits per heavy atom. The average Bonchev–Trinajstić information content (AvgIpc) is 3.11. The van der Waals surface area contributed by atoms with Gasteiger partial charge >= 0.3 is 0 Å². The lowest BCUT2D eigenvalue weighted by molar-refractivity contribution is 0.102. The third kappa shape index (κ3) is 4.28. The highest BCUT2D eigenvalue weighted by atomic mass is 35.5. The summed E-state index contributed by atoms with van der Waals surface area (Å²) in [5.74, 6) is 1.55. The smallest absolute Gasteiger partial charge is 0.191 e. The fourth-order valence-electron chi connectivity index (χ4n) is 3.90. The van der Waals surface area contributed by atoms with Gasteiger partial charge in [-0.1, -0.05) is 48.0 Å². The van der Waals surface area contributed by atoms with Crippen LogP contribution in [0.3, 0.4) is 0 Å². The Morgan fingerprint density at radius 2 is 2.00 bits per heavy atom. The first-order valence-electron chi connectivity index (χ1n) is 10.0. The maximum absolute atomic E-state index is 13.0. The number of rotatable bonds is 6. The molecule has 1 aromatic carbocycles. The quantitative estimate of drug-likeness (QED) is 0.405. The maximum Gasteiger partial charge on any atom is 0.191 e. The topological polar surface area (TPSA) is 52.7 Å². The first kappa shape index (κ1) is 20.2. The molecular formula is C22H25ClN4OS. The van der Waals surface area contributed by atoms with Gasteiger partial charge in [-0.25, -0.2) is 0 Å². The van der Waals surface area contributed by atoms with E-state index in [1.165, 1.54) is 24.6 Å². The standard InChI is InChI=1S/C22H25ClN4OS/c1-15-12-18(16(2)27(15)13-17-8-5-6-9-19(17)23)20(28)14-29-22-25-24-21-10-4-3-7-11-26(21)22/h5-6,8-9,12H,3-4,7,10-11,13-14H2,1-2H3. The van der Waals surface area contributed by atoms with Crippen molar-refractivity contribution < 1.29 is 4.79 Å². The first-order valence-corrected chi connectivity index (χ1v) is 11.4. The van der Waals surface area contributed by atoms with Crippen LogP contribution >= 0.6 is 23.4 Å². The van der Waals surface area contributed by atoms with Crippen molar-refractivity contribution in [1.82, 2.24) is 19.3 Å². The molecule has 0 spiro atoms. The summed E-state index contributed by atoms with van der Waals surface area (Å²) in [6, 6.07) is 9.82. The number of hydrogen-bond acceptors (Lipinski definition) is 4. The van der Waals surface area contributed by atoms with Crippen molar-refractivity contribution in [2.45, 2.75) is 57.8 Å². The van der Waals surface area contributed by atoms with Crippen molar-refractivity contribution in [1.29, 1.82) is 0 Å². The van der Waals surface area contributed by atoms with Crippen LogP contribution in [0.2, 0.25) is 5.02 Å². The van der Waals surface area contributed by atoms with E-state index >= 15 is 0 Å². The van der Waals surface area contributed by atoms with E-state index in [0.717, 1.165) is 57.9 Å². The molecule has 0 fully saturated rings. The predicted molar refractivity (Wildman–Crippen MR) is 117 cm³/mol. The second-order valence-corrected chi connectivity index (χ2v) is 8.89. The van der Waals surface area contributed by atoms with Crippen LogP contribution in [0.15, 0.2) is 35.5 Å². The van der Waals surface area contributed by atoms with Gasteiger partial charge in [0.05, 0.1) is 5.75 Å². The van der Waals surface area contributed by atoms with E-state index in [1.54, 1.807) is 0 Å². The minimum absolute atomic E-state index is 0.125. The third-order valence-corrected chi connectivity index (χ3v) is 6.90. The third-order valence-electron chi connectivity index (χ3n) is 5.57. The summed E-state index contributed by atoms with van der Waals surface area (Å²) in [4.78, 5) is 13.0. The SMILES string of the molecule is Cc1cc(C(=O)CSc2nnc3n2CCCCC3)c(C)n1Cc1ccccc1Cl. The van der Waals surface area contributed by atoms with Gasteiger partial charge in [0.25, 0.3) is 0 Å². The summed E-state index contributed by atoms with van der Waals surface area (Å²) < 4.78 is 4.34. The van der Waals surface area contributed by atoms with Crippen LogP contribution < -0.4 is 0 Å². The van der Waals surface area contributed by atoms with Crippen molar-refractivity contribution in [2.75, 3.05) is 5.75 Å². The molecule has 0 amide bonds. The number of ketones is 1. The van der Waals surface area contributed by atoms with Gasteiger partial charge in [-0.3, -0.25) is 4.79 Å². The lowest BCUT2D eigenvalue weighted by Gasteiger charge is -2.11. The van der Waals surface area contributed by atoms with Crippen molar-refractivity contribution in [2.24, 2.45) is 0 Å². The van der Waals surface area contributed by atoms with E-state index in [1.807, 2.05) is 44.2 Å². The summed E-state index contributed by atoms with van der Waals surface area (Å²) >= 11 is 7.82. The number of benzene rings is 1. The monoisotopic (exact) mass is 428 g/mol. The number of halogens is 1. The van der Waals surface area contributed by atoms with Crippen LogP contribution in [0.5, 0.6) is 0 Å². The van der Waals surface area contributed by atoms with E-state index in [2.05, 4.69) is 19.3 Å². The lowest BCUT2D eigenvalue weighted by atomic mass is 10.2. The number of hydrogen-bond donors (Lipinski definition) is 0. The van der Waals surface area contributed by atoms with Crippen LogP contribution in [0.1, 0.15) is 52.4 Å². The zero-order valence-electron chi connectivity index (χ0n) is 16.8. The van der Waals surface area contributed by atoms with Gasteiger partial charge in [0.1, 0.15) is 5.82 Å². The number of nitrogens with zero attached hydrogens (tertiary/aromatic N) is 4. The minimum Gasteiger partial charge on any atom is -0.344 e. The van der Waals surface area contributed by atoms with Gasteiger partial charge in [0.2, 0.25) is 0 Å². The lowest BCUT2D eigenvalue weighted by Crippen LogP contribution is -2.09. The Balaban J connectivity index is 1.48. The number of carbonyl (C=O) groups is 1. The van der Waals surface area contributed by atoms with E-state index in [0.29, 0.717) is 12.3 Å². The molecule has 1 aliphatic rings. The summed E-state index contributed by atoms with van der Waals surface area (Å²) in [7, 11) is 0. The molecule has 7 heteroatoms. The number of fused-ring (bicyclic) bond motifs is 1. The largest absolute Gasteiger partial charge is 0.344 e. The molecule has 3 aromatic rings. The number of aryl methyl sites for hydroxylation is 2. The van der Waals surface area contributed by atoms with E-state index in [-0.39, 0.29) is 5.78 Å². The van der Waals surface area contributed by atoms with Crippen molar-refractivity contribution >= 4 is 29.1 Å². The molecule has 29 heavy (non-hydrogen) atoms.